The number of piperazine rings is 1. The van der Waals surface area contributed by atoms with E-state index < -0.39 is 0 Å². The number of hydrogen-bond acceptors (Lipinski definition) is 8. The molecule has 4 heterocycles. The number of phenols is 1. The van der Waals surface area contributed by atoms with Gasteiger partial charge in [0.25, 0.3) is 0 Å². The fourth-order valence-electron chi connectivity index (χ4n) is 6.09. The standard InChI is InChI=1S/C30H36N6O3/c1-3-28(38)34-13-15-35(16-14-34)29-25-10-12-36(27-18-23(37)17-21-7-4-5-9-24(21)27)19-26(25)31-30(32-29)39-20-22-8-6-11-33(22)2/h3-5,7,9,17-18,22,37H,1,6,8,10-16,19-20H2,2H3/t22-/m1/s1. The second-order valence-corrected chi connectivity index (χ2v) is 10.7. The van der Waals surface area contributed by atoms with Gasteiger partial charge < -0.3 is 29.4 Å². The molecule has 2 aromatic carbocycles. The summed E-state index contributed by atoms with van der Waals surface area (Å²) in [6.07, 6.45) is 4.47. The van der Waals surface area contributed by atoms with Crippen molar-refractivity contribution in [3.05, 3.63) is 60.3 Å². The average molecular weight is 529 g/mol. The van der Waals surface area contributed by atoms with Crippen molar-refractivity contribution in [1.29, 1.82) is 0 Å². The third-order valence-corrected chi connectivity index (χ3v) is 8.33. The number of anilines is 2. The van der Waals surface area contributed by atoms with Crippen LogP contribution in [-0.4, -0.2) is 89.7 Å². The first-order valence-electron chi connectivity index (χ1n) is 13.9. The SMILES string of the molecule is C=CC(=O)N1CCN(c2nc(OC[C@H]3CCCN3C)nc3c2CCN(c2cc(O)cc4ccccc24)C3)CC1. The molecular weight excluding hydrogens is 492 g/mol. The molecule has 0 bridgehead atoms. The van der Waals surface area contributed by atoms with Gasteiger partial charge in [0.15, 0.2) is 0 Å². The van der Waals surface area contributed by atoms with Crippen LogP contribution in [0.25, 0.3) is 10.8 Å². The van der Waals surface area contributed by atoms with Gasteiger partial charge in [0, 0.05) is 61.5 Å². The van der Waals surface area contributed by atoms with E-state index in [9.17, 15) is 9.90 Å². The van der Waals surface area contributed by atoms with Crippen LogP contribution in [0.5, 0.6) is 11.8 Å². The van der Waals surface area contributed by atoms with Crippen LogP contribution in [0.15, 0.2) is 49.1 Å². The lowest BCUT2D eigenvalue weighted by Crippen LogP contribution is -2.49. The molecule has 9 heteroatoms. The molecule has 1 N–H and O–H groups in total. The number of carbonyl (C=O) groups excluding carboxylic acids is 1. The summed E-state index contributed by atoms with van der Waals surface area (Å²) in [5.41, 5.74) is 3.10. The number of likely N-dealkylation sites (tertiary alicyclic amines) is 1. The minimum atomic E-state index is -0.0296. The minimum Gasteiger partial charge on any atom is -0.508 e. The second kappa shape index (κ2) is 10.7. The molecule has 0 spiro atoms. The Bertz CT molecular complexity index is 1390. The van der Waals surface area contributed by atoms with Crippen LogP contribution in [0, 0.1) is 0 Å². The van der Waals surface area contributed by atoms with Crippen molar-refractivity contribution in [2.75, 3.05) is 62.7 Å². The van der Waals surface area contributed by atoms with Crippen LogP contribution in [0.3, 0.4) is 0 Å². The fourth-order valence-corrected chi connectivity index (χ4v) is 6.09. The highest BCUT2D eigenvalue weighted by Crippen LogP contribution is 2.36. The molecule has 2 fully saturated rings. The molecule has 39 heavy (non-hydrogen) atoms. The molecule has 1 atom stereocenters. The largest absolute Gasteiger partial charge is 0.508 e. The first kappa shape index (κ1) is 25.4. The molecule has 9 nitrogen and oxygen atoms in total. The van der Waals surface area contributed by atoms with Crippen LogP contribution in [0.1, 0.15) is 24.1 Å². The molecule has 0 radical (unpaired) electrons. The maximum absolute atomic E-state index is 12.1. The van der Waals surface area contributed by atoms with Crippen LogP contribution < -0.4 is 14.5 Å². The highest BCUT2D eigenvalue weighted by atomic mass is 16.5. The Hall–Kier alpha value is -3.85. The van der Waals surface area contributed by atoms with E-state index in [0.717, 1.165) is 59.5 Å². The molecule has 1 amide bonds. The Kier molecular flexibility index (Phi) is 6.99. The Balaban J connectivity index is 1.31. The molecule has 3 aromatic rings. The Morgan fingerprint density at radius 3 is 2.69 bits per heavy atom. The summed E-state index contributed by atoms with van der Waals surface area (Å²) < 4.78 is 6.24. The van der Waals surface area contributed by atoms with Crippen LogP contribution in [0.2, 0.25) is 0 Å². The molecule has 0 unspecified atom stereocenters. The Labute approximate surface area is 229 Å². The van der Waals surface area contributed by atoms with E-state index >= 15 is 0 Å². The van der Waals surface area contributed by atoms with Gasteiger partial charge in [-0.15, -0.1) is 0 Å². The molecule has 204 valence electrons. The molecule has 0 saturated carbocycles. The number of benzene rings is 2. The van der Waals surface area contributed by atoms with Gasteiger partial charge >= 0.3 is 6.01 Å². The van der Waals surface area contributed by atoms with Crippen molar-refractivity contribution >= 4 is 28.2 Å². The number of aromatic hydroxyl groups is 1. The summed E-state index contributed by atoms with van der Waals surface area (Å²) >= 11 is 0. The van der Waals surface area contributed by atoms with Gasteiger partial charge in [0.05, 0.1) is 12.2 Å². The molecule has 3 aliphatic rings. The highest BCUT2D eigenvalue weighted by molar-refractivity contribution is 5.95. The number of phenolic OH excluding ortho intramolecular Hbond substituents is 1. The molecule has 1 aromatic heterocycles. The van der Waals surface area contributed by atoms with Gasteiger partial charge in [-0.2, -0.15) is 9.97 Å². The number of ether oxygens (including phenoxy) is 1. The second-order valence-electron chi connectivity index (χ2n) is 10.7. The normalized spacial score (nSPS) is 19.8. The zero-order chi connectivity index (χ0) is 26.9. The Morgan fingerprint density at radius 1 is 1.10 bits per heavy atom. The number of fused-ring (bicyclic) bond motifs is 2. The molecule has 6 rings (SSSR count). The van der Waals surface area contributed by atoms with Gasteiger partial charge in [-0.3, -0.25) is 4.79 Å². The number of aromatic nitrogens is 2. The number of rotatable bonds is 6. The van der Waals surface area contributed by atoms with Crippen molar-refractivity contribution in [2.45, 2.75) is 31.8 Å². The number of nitrogens with zero attached hydrogens (tertiary/aromatic N) is 6. The monoisotopic (exact) mass is 528 g/mol. The summed E-state index contributed by atoms with van der Waals surface area (Å²) in [7, 11) is 2.14. The third kappa shape index (κ3) is 5.11. The summed E-state index contributed by atoms with van der Waals surface area (Å²) in [6.45, 7) is 9.35. The van der Waals surface area contributed by atoms with E-state index in [0.29, 0.717) is 51.4 Å². The lowest BCUT2D eigenvalue weighted by Gasteiger charge is -2.38. The van der Waals surface area contributed by atoms with Crippen molar-refractivity contribution < 1.29 is 14.6 Å². The van der Waals surface area contributed by atoms with Crippen LogP contribution in [0.4, 0.5) is 11.5 Å². The van der Waals surface area contributed by atoms with Crippen molar-refractivity contribution in [3.63, 3.8) is 0 Å². The predicted molar refractivity (Wildman–Crippen MR) is 153 cm³/mol. The molecule has 3 aliphatic heterocycles. The smallest absolute Gasteiger partial charge is 0.318 e. The molecule has 0 aliphatic carbocycles. The first-order valence-corrected chi connectivity index (χ1v) is 13.9. The molecular formula is C30H36N6O3. The van der Waals surface area contributed by atoms with E-state index in [2.05, 4.69) is 34.4 Å². The summed E-state index contributed by atoms with van der Waals surface area (Å²) in [6, 6.07) is 12.6. The van der Waals surface area contributed by atoms with E-state index in [4.69, 9.17) is 14.7 Å². The maximum atomic E-state index is 12.1. The van der Waals surface area contributed by atoms with Crippen molar-refractivity contribution in [2.24, 2.45) is 0 Å². The number of likely N-dealkylation sites (N-methyl/N-ethyl adjacent to an activating group) is 1. The lowest BCUT2D eigenvalue weighted by atomic mass is 10.0. The van der Waals surface area contributed by atoms with Crippen LogP contribution >= 0.6 is 0 Å². The zero-order valence-electron chi connectivity index (χ0n) is 22.6. The minimum absolute atomic E-state index is 0.0296. The van der Waals surface area contributed by atoms with E-state index in [-0.39, 0.29) is 11.7 Å². The van der Waals surface area contributed by atoms with Gasteiger partial charge in [-0.25, -0.2) is 0 Å². The summed E-state index contributed by atoms with van der Waals surface area (Å²) in [5, 5.41) is 12.6. The molecule has 2 saturated heterocycles. The lowest BCUT2D eigenvalue weighted by molar-refractivity contribution is -0.126. The van der Waals surface area contributed by atoms with Gasteiger partial charge in [-0.05, 0) is 50.4 Å². The third-order valence-electron chi connectivity index (χ3n) is 8.33. The van der Waals surface area contributed by atoms with E-state index in [1.54, 1.807) is 6.07 Å². The maximum Gasteiger partial charge on any atom is 0.318 e. The number of hydrogen-bond donors (Lipinski definition) is 1. The highest BCUT2D eigenvalue weighted by Gasteiger charge is 2.30. The Morgan fingerprint density at radius 2 is 1.92 bits per heavy atom. The van der Waals surface area contributed by atoms with E-state index in [1.807, 2.05) is 29.2 Å². The fraction of sp³-hybridized carbons (Fsp3) is 0.433. The quantitative estimate of drug-likeness (QED) is 0.489. The van der Waals surface area contributed by atoms with Gasteiger partial charge in [0.1, 0.15) is 18.2 Å². The average Bonchev–Trinajstić information content (AvgIpc) is 3.38. The van der Waals surface area contributed by atoms with Crippen LogP contribution in [-0.2, 0) is 17.8 Å². The summed E-state index contributed by atoms with van der Waals surface area (Å²) in [5.74, 6) is 1.15. The van der Waals surface area contributed by atoms with Crippen molar-refractivity contribution in [1.82, 2.24) is 19.8 Å². The van der Waals surface area contributed by atoms with Gasteiger partial charge in [-0.1, -0.05) is 30.8 Å². The number of amides is 1. The van der Waals surface area contributed by atoms with Gasteiger partial charge in [0.2, 0.25) is 5.91 Å². The predicted octanol–water partition coefficient (Wildman–Crippen LogP) is 3.21. The topological polar surface area (TPSA) is 85.3 Å². The van der Waals surface area contributed by atoms with Crippen molar-refractivity contribution in [3.8, 4) is 11.8 Å². The number of carbonyl (C=O) groups is 1. The first-order chi connectivity index (χ1) is 19.0. The summed E-state index contributed by atoms with van der Waals surface area (Å²) in [4.78, 5) is 30.7. The van der Waals surface area contributed by atoms with E-state index in [1.165, 1.54) is 12.5 Å². The zero-order valence-corrected chi connectivity index (χ0v) is 22.6.